The maximum atomic E-state index is 6.61. The lowest BCUT2D eigenvalue weighted by Gasteiger charge is -2.34. The molecule has 0 saturated heterocycles. The first-order chi connectivity index (χ1) is 23.8. The first-order valence-corrected chi connectivity index (χ1v) is 21.1. The zero-order chi connectivity index (χ0) is 35.4. The second-order valence-corrected chi connectivity index (χ2v) is 21.2. The van der Waals surface area contributed by atoms with Crippen molar-refractivity contribution in [2.24, 2.45) is 0 Å². The topological polar surface area (TPSA) is 9.23 Å². The van der Waals surface area contributed by atoms with E-state index < -0.39 is 8.07 Å². The van der Waals surface area contributed by atoms with Gasteiger partial charge in [0.25, 0.3) is 0 Å². The second-order valence-electron chi connectivity index (χ2n) is 16.7. The molecule has 0 spiro atoms. The van der Waals surface area contributed by atoms with Gasteiger partial charge in [0, 0.05) is 10.9 Å². The van der Waals surface area contributed by atoms with Gasteiger partial charge in [-0.1, -0.05) is 189 Å². The molecule has 0 atom stereocenters. The molecule has 7 rings (SSSR count). The largest absolute Gasteiger partial charge is 0.489 e. The maximum Gasteiger partial charge on any atom is 0.126 e. The van der Waals surface area contributed by atoms with Crippen LogP contribution >= 0.6 is 0 Å². The Bertz CT molecular complexity index is 2130. The first-order valence-electron chi connectivity index (χ1n) is 18.0. The van der Waals surface area contributed by atoms with Crippen molar-refractivity contribution < 1.29 is 4.74 Å². The molecule has 0 amide bonds. The minimum atomic E-state index is -2.35. The fourth-order valence-corrected chi connectivity index (χ4v) is 11.6. The average Bonchev–Trinajstić information content (AvgIpc) is 3.43. The van der Waals surface area contributed by atoms with Gasteiger partial charge in [0.15, 0.2) is 0 Å². The number of ether oxygens (including phenoxy) is 1. The van der Waals surface area contributed by atoms with Crippen LogP contribution in [0.2, 0.25) is 13.1 Å². The quantitative estimate of drug-likeness (QED) is 0.121. The molecule has 0 heterocycles. The summed E-state index contributed by atoms with van der Waals surface area (Å²) in [6.07, 6.45) is 1.86. The summed E-state index contributed by atoms with van der Waals surface area (Å²) < 4.78 is 6.61. The normalized spacial score (nSPS) is 13.3. The van der Waals surface area contributed by atoms with Crippen LogP contribution in [0, 0.1) is 0 Å². The van der Waals surface area contributed by atoms with Crippen molar-refractivity contribution in [3.63, 3.8) is 0 Å². The lowest BCUT2D eigenvalue weighted by Crippen LogP contribution is -2.48. The molecule has 0 bridgehead atoms. The standard InChI is InChI=1S/C48H50OSi/c1-10-27-49-45-39-20-12-11-15-32(39)23-26-44(45)50(8,9)46-42-30-35(33-16-13-18-37(28-33)47(2,3)4)21-24-40(42)41-25-22-36(31-43(41)46)34-17-14-19-38(29-34)48(5,6)7/h10-26,28-31,46H,1,27H2,2-9H3. The van der Waals surface area contributed by atoms with E-state index in [0.29, 0.717) is 6.61 Å². The van der Waals surface area contributed by atoms with Crippen LogP contribution in [0.4, 0.5) is 0 Å². The minimum absolute atomic E-state index is 0.0824. The summed E-state index contributed by atoms with van der Waals surface area (Å²) in [6.45, 7) is 23.3. The van der Waals surface area contributed by atoms with Crippen molar-refractivity contribution in [2.45, 2.75) is 71.0 Å². The molecule has 0 saturated carbocycles. The van der Waals surface area contributed by atoms with Gasteiger partial charge in [-0.25, -0.2) is 0 Å². The Balaban J connectivity index is 1.45. The molecule has 2 heteroatoms. The van der Waals surface area contributed by atoms with Crippen LogP contribution in [-0.2, 0) is 10.8 Å². The van der Waals surface area contributed by atoms with Crippen molar-refractivity contribution in [3.8, 4) is 39.1 Å². The van der Waals surface area contributed by atoms with Gasteiger partial charge in [0.2, 0.25) is 0 Å². The van der Waals surface area contributed by atoms with Crippen molar-refractivity contribution in [3.05, 3.63) is 156 Å². The van der Waals surface area contributed by atoms with Gasteiger partial charge in [0.05, 0.1) is 8.07 Å². The molecule has 0 N–H and O–H groups in total. The molecule has 0 radical (unpaired) electrons. The van der Waals surface area contributed by atoms with E-state index in [4.69, 9.17) is 4.74 Å². The molecular weight excluding hydrogens is 621 g/mol. The lowest BCUT2D eigenvalue weighted by atomic mass is 9.85. The molecule has 6 aromatic rings. The second kappa shape index (κ2) is 12.6. The third kappa shape index (κ3) is 6.05. The van der Waals surface area contributed by atoms with Crippen molar-refractivity contribution in [2.75, 3.05) is 6.61 Å². The van der Waals surface area contributed by atoms with Crippen LogP contribution in [0.25, 0.3) is 44.2 Å². The fraction of sp³-hybridized carbons (Fsp3) is 0.250. The molecule has 252 valence electrons. The van der Waals surface area contributed by atoms with Gasteiger partial charge < -0.3 is 4.74 Å². The van der Waals surface area contributed by atoms with E-state index in [1.807, 2.05) is 6.08 Å². The monoisotopic (exact) mass is 670 g/mol. The zero-order valence-electron chi connectivity index (χ0n) is 31.0. The molecule has 1 nitrogen and oxygen atoms in total. The summed E-state index contributed by atoms with van der Waals surface area (Å²) in [6, 6.07) is 45.9. The summed E-state index contributed by atoms with van der Waals surface area (Å²) >= 11 is 0. The lowest BCUT2D eigenvalue weighted by molar-refractivity contribution is 0.370. The third-order valence-corrected chi connectivity index (χ3v) is 14.6. The SMILES string of the molecule is C=CCOc1c([Si](C)(C)C2c3cc(-c4cccc(C(C)(C)C)c4)ccc3-c3ccc(-c4cccc(C(C)(C)C)c4)cc32)ccc2ccccc12. The Labute approximate surface area is 300 Å². The van der Waals surface area contributed by atoms with Gasteiger partial charge in [-0.3, -0.25) is 0 Å². The minimum Gasteiger partial charge on any atom is -0.489 e. The van der Waals surface area contributed by atoms with E-state index in [1.54, 1.807) is 0 Å². The molecule has 0 aromatic heterocycles. The first kappa shape index (κ1) is 33.8. The number of hydrogen-bond acceptors (Lipinski definition) is 1. The van der Waals surface area contributed by atoms with Crippen LogP contribution in [-0.4, -0.2) is 14.7 Å². The van der Waals surface area contributed by atoms with Crippen molar-refractivity contribution in [1.29, 1.82) is 0 Å². The van der Waals surface area contributed by atoms with Crippen LogP contribution in [0.5, 0.6) is 5.75 Å². The summed E-state index contributed by atoms with van der Waals surface area (Å²) in [5, 5.41) is 3.72. The Kier molecular flexibility index (Phi) is 8.51. The Hall–Kier alpha value is -4.66. The number of benzene rings is 6. The molecule has 0 fully saturated rings. The summed E-state index contributed by atoms with van der Waals surface area (Å²) in [5.74, 6) is 1.01. The Morgan fingerprint density at radius 3 is 1.64 bits per heavy atom. The van der Waals surface area contributed by atoms with E-state index in [2.05, 4.69) is 183 Å². The molecule has 1 aliphatic carbocycles. The maximum absolute atomic E-state index is 6.61. The molecule has 1 aliphatic rings. The number of fused-ring (bicyclic) bond motifs is 4. The van der Waals surface area contributed by atoms with E-state index >= 15 is 0 Å². The highest BCUT2D eigenvalue weighted by Crippen LogP contribution is 2.51. The number of hydrogen-bond donors (Lipinski definition) is 0. The Morgan fingerprint density at radius 1 is 0.600 bits per heavy atom. The highest BCUT2D eigenvalue weighted by molar-refractivity contribution is 6.92. The Morgan fingerprint density at radius 2 is 1.12 bits per heavy atom. The van der Waals surface area contributed by atoms with Gasteiger partial charge >= 0.3 is 0 Å². The highest BCUT2D eigenvalue weighted by atomic mass is 28.3. The smallest absolute Gasteiger partial charge is 0.126 e. The predicted octanol–water partition coefficient (Wildman–Crippen LogP) is 12.6. The van der Waals surface area contributed by atoms with E-state index in [9.17, 15) is 0 Å². The molecule has 0 unspecified atom stereocenters. The van der Waals surface area contributed by atoms with Gasteiger partial charge in [0.1, 0.15) is 12.4 Å². The third-order valence-electron chi connectivity index (χ3n) is 10.8. The van der Waals surface area contributed by atoms with Gasteiger partial charge in [-0.15, -0.1) is 0 Å². The average molecular weight is 671 g/mol. The molecule has 6 aromatic carbocycles. The fourth-order valence-electron chi connectivity index (χ4n) is 7.93. The van der Waals surface area contributed by atoms with Gasteiger partial charge in [-0.2, -0.15) is 0 Å². The summed E-state index contributed by atoms with van der Waals surface area (Å²) in [5.41, 5.74) is 13.8. The molecule has 0 aliphatic heterocycles. The van der Waals surface area contributed by atoms with Crippen LogP contribution in [0.3, 0.4) is 0 Å². The van der Waals surface area contributed by atoms with Crippen molar-refractivity contribution >= 4 is 24.0 Å². The zero-order valence-corrected chi connectivity index (χ0v) is 32.0. The number of rotatable bonds is 7. The van der Waals surface area contributed by atoms with Gasteiger partial charge in [-0.05, 0) is 77.0 Å². The highest BCUT2D eigenvalue weighted by Gasteiger charge is 2.44. The van der Waals surface area contributed by atoms with Crippen LogP contribution in [0.15, 0.2) is 134 Å². The van der Waals surface area contributed by atoms with Crippen molar-refractivity contribution in [1.82, 2.24) is 0 Å². The van der Waals surface area contributed by atoms with E-state index in [0.717, 1.165) is 5.75 Å². The summed E-state index contributed by atoms with van der Waals surface area (Å²) in [4.78, 5) is 0. The van der Waals surface area contributed by atoms with E-state index in [1.165, 1.54) is 71.6 Å². The molecular formula is C48H50OSi. The van der Waals surface area contributed by atoms with Crippen LogP contribution < -0.4 is 9.92 Å². The van der Waals surface area contributed by atoms with Crippen LogP contribution in [0.1, 0.15) is 69.3 Å². The van der Waals surface area contributed by atoms with E-state index in [-0.39, 0.29) is 16.4 Å². The predicted molar refractivity (Wildman–Crippen MR) is 219 cm³/mol. The summed E-state index contributed by atoms with van der Waals surface area (Å²) in [7, 11) is -2.35. The molecule has 50 heavy (non-hydrogen) atoms.